The van der Waals surface area contributed by atoms with Crippen molar-refractivity contribution in [2.75, 3.05) is 0 Å². The topological polar surface area (TPSA) is 20.2 Å². The van der Waals surface area contributed by atoms with Crippen LogP contribution in [0.3, 0.4) is 0 Å². The van der Waals surface area contributed by atoms with Crippen LogP contribution < -0.4 is 0 Å². The van der Waals surface area contributed by atoms with Gasteiger partial charge in [-0.3, -0.25) is 0 Å². The van der Waals surface area contributed by atoms with Crippen LogP contribution in [0.2, 0.25) is 0 Å². The van der Waals surface area contributed by atoms with Gasteiger partial charge in [0.2, 0.25) is 0 Å². The van der Waals surface area contributed by atoms with Crippen molar-refractivity contribution in [2.24, 2.45) is 0 Å². The van der Waals surface area contributed by atoms with Gasteiger partial charge < -0.3 is 5.11 Å². The van der Waals surface area contributed by atoms with E-state index in [2.05, 4.69) is 5.92 Å². The van der Waals surface area contributed by atoms with Crippen LogP contribution >= 0.6 is 0 Å². The van der Waals surface area contributed by atoms with Crippen LogP contribution in [0.4, 0.5) is 0 Å². The highest BCUT2D eigenvalue weighted by atomic mass is 16.3. The molecule has 0 radical (unpaired) electrons. The van der Waals surface area contributed by atoms with Gasteiger partial charge in [-0.25, -0.2) is 0 Å². The van der Waals surface area contributed by atoms with Crippen molar-refractivity contribution in [1.82, 2.24) is 0 Å². The highest BCUT2D eigenvalue weighted by Gasteiger charge is 2.42. The quantitative estimate of drug-likeness (QED) is 0.628. The van der Waals surface area contributed by atoms with E-state index in [1.54, 1.807) is 0 Å². The van der Waals surface area contributed by atoms with Crippen molar-refractivity contribution in [2.45, 2.75) is 12.0 Å². The molecule has 0 aliphatic heterocycles. The van der Waals surface area contributed by atoms with E-state index < -0.39 is 5.60 Å². The van der Waals surface area contributed by atoms with E-state index >= 15 is 0 Å². The molecule has 0 saturated heterocycles. The molecule has 2 aliphatic rings. The zero-order chi connectivity index (χ0) is 10.5. The van der Waals surface area contributed by atoms with Crippen LogP contribution in [-0.2, 0) is 5.60 Å². The van der Waals surface area contributed by atoms with Gasteiger partial charge in [0.05, 0.1) is 0 Å². The predicted molar refractivity (Wildman–Crippen MR) is 59.8 cm³/mol. The smallest absolute Gasteiger partial charge is 0.174 e. The maximum absolute atomic E-state index is 10.5. The fourth-order valence-electron chi connectivity index (χ4n) is 2.46. The first-order chi connectivity index (χ1) is 7.27. The molecule has 0 aromatic heterocycles. The number of terminal acetylenes is 1. The number of allylic oxidation sites excluding steroid dienone is 3. The predicted octanol–water partition coefficient (Wildman–Crippen LogP) is 2.23. The molecule has 1 atom stereocenters. The first kappa shape index (κ1) is 8.52. The second-order valence-corrected chi connectivity index (χ2v) is 3.90. The van der Waals surface area contributed by atoms with Crippen molar-refractivity contribution in [3.05, 3.63) is 53.1 Å². The molecule has 0 fully saturated rings. The molecule has 0 spiro atoms. The molecule has 1 aromatic rings. The molecule has 15 heavy (non-hydrogen) atoms. The maximum Gasteiger partial charge on any atom is 0.174 e. The molecular weight excluding hydrogens is 184 g/mol. The summed E-state index contributed by atoms with van der Waals surface area (Å²) in [6.07, 6.45) is 10.3. The molecule has 1 heteroatoms. The van der Waals surface area contributed by atoms with Crippen molar-refractivity contribution < 1.29 is 5.11 Å². The molecule has 0 saturated carbocycles. The molecule has 0 bridgehead atoms. The maximum atomic E-state index is 10.5. The lowest BCUT2D eigenvalue weighted by molar-refractivity contribution is 0.143. The average molecular weight is 194 g/mol. The van der Waals surface area contributed by atoms with Gasteiger partial charge >= 0.3 is 0 Å². The molecule has 3 rings (SSSR count). The van der Waals surface area contributed by atoms with Crippen LogP contribution in [0.1, 0.15) is 17.5 Å². The summed E-state index contributed by atoms with van der Waals surface area (Å²) < 4.78 is 0. The summed E-state index contributed by atoms with van der Waals surface area (Å²) in [7, 11) is 0. The van der Waals surface area contributed by atoms with E-state index in [0.717, 1.165) is 28.7 Å². The van der Waals surface area contributed by atoms with E-state index in [9.17, 15) is 5.11 Å². The van der Waals surface area contributed by atoms with Crippen molar-refractivity contribution in [3.63, 3.8) is 0 Å². The van der Waals surface area contributed by atoms with Crippen molar-refractivity contribution >= 4 is 5.57 Å². The van der Waals surface area contributed by atoms with Gasteiger partial charge in [0.25, 0.3) is 0 Å². The van der Waals surface area contributed by atoms with Gasteiger partial charge in [-0.2, -0.15) is 0 Å². The largest absolute Gasteiger partial charge is 0.370 e. The molecule has 0 heterocycles. The third kappa shape index (κ3) is 0.874. The van der Waals surface area contributed by atoms with Crippen molar-refractivity contribution in [3.8, 4) is 12.3 Å². The monoisotopic (exact) mass is 194 g/mol. The fourth-order valence-corrected chi connectivity index (χ4v) is 2.46. The Morgan fingerprint density at radius 2 is 2.13 bits per heavy atom. The van der Waals surface area contributed by atoms with Crippen LogP contribution in [0.5, 0.6) is 0 Å². The van der Waals surface area contributed by atoms with Crippen LogP contribution in [-0.4, -0.2) is 5.11 Å². The summed E-state index contributed by atoms with van der Waals surface area (Å²) in [5.41, 5.74) is 2.79. The Morgan fingerprint density at radius 1 is 1.33 bits per heavy atom. The second kappa shape index (κ2) is 2.62. The Labute approximate surface area is 88.8 Å². The summed E-state index contributed by atoms with van der Waals surface area (Å²) in [5, 5.41) is 10.5. The van der Waals surface area contributed by atoms with Gasteiger partial charge in [-0.15, -0.1) is 6.42 Å². The Kier molecular flexibility index (Phi) is 1.49. The van der Waals surface area contributed by atoms with Crippen LogP contribution in [0.15, 0.2) is 42.0 Å². The zero-order valence-electron chi connectivity index (χ0n) is 8.20. The van der Waals surface area contributed by atoms with Gasteiger partial charge in [-0.1, -0.05) is 42.3 Å². The van der Waals surface area contributed by atoms with E-state index in [4.69, 9.17) is 6.42 Å². The molecular formula is C14H10O. The van der Waals surface area contributed by atoms with E-state index in [1.165, 1.54) is 0 Å². The Bertz CT molecular complexity index is 543. The number of fused-ring (bicyclic) bond motifs is 2. The molecule has 1 unspecified atom stereocenters. The third-order valence-electron chi connectivity index (χ3n) is 3.18. The molecule has 2 aliphatic carbocycles. The summed E-state index contributed by atoms with van der Waals surface area (Å²) in [6.45, 7) is 0. The van der Waals surface area contributed by atoms with E-state index in [1.807, 2.05) is 36.4 Å². The molecule has 1 aromatic carbocycles. The lowest BCUT2D eigenvalue weighted by Crippen LogP contribution is -2.23. The minimum atomic E-state index is -1.19. The second-order valence-electron chi connectivity index (χ2n) is 3.90. The summed E-state index contributed by atoms with van der Waals surface area (Å²) in [4.78, 5) is 0. The number of rotatable bonds is 0. The van der Waals surface area contributed by atoms with Crippen LogP contribution in [0.25, 0.3) is 5.57 Å². The lowest BCUT2D eigenvalue weighted by Gasteiger charge is -2.20. The van der Waals surface area contributed by atoms with Gasteiger partial charge in [0, 0.05) is 5.56 Å². The number of hydrogen-bond donors (Lipinski definition) is 1. The molecule has 72 valence electrons. The highest BCUT2D eigenvalue weighted by molar-refractivity contribution is 5.88. The van der Waals surface area contributed by atoms with Crippen LogP contribution in [0, 0.1) is 12.3 Å². The van der Waals surface area contributed by atoms with Gasteiger partial charge in [-0.05, 0) is 23.1 Å². The van der Waals surface area contributed by atoms with Gasteiger partial charge in [0.1, 0.15) is 0 Å². The van der Waals surface area contributed by atoms with E-state index in [-0.39, 0.29) is 0 Å². The fraction of sp³-hybridized carbons (Fsp3) is 0.143. The first-order valence-electron chi connectivity index (χ1n) is 4.97. The minimum Gasteiger partial charge on any atom is -0.370 e. The number of aliphatic hydroxyl groups is 1. The summed E-state index contributed by atoms with van der Waals surface area (Å²) >= 11 is 0. The average Bonchev–Trinajstić information content (AvgIpc) is 2.83. The molecule has 1 nitrogen and oxygen atoms in total. The van der Waals surface area contributed by atoms with Crippen molar-refractivity contribution in [1.29, 1.82) is 0 Å². The normalized spacial score (nSPS) is 26.4. The Balaban J connectivity index is 2.36. The highest BCUT2D eigenvalue weighted by Crippen LogP contribution is 2.48. The Hall–Kier alpha value is -1.78. The lowest BCUT2D eigenvalue weighted by atomic mass is 9.90. The summed E-state index contributed by atoms with van der Waals surface area (Å²) in [5.74, 6) is 2.53. The van der Waals surface area contributed by atoms with Gasteiger partial charge in [0.15, 0.2) is 5.60 Å². The van der Waals surface area contributed by atoms with E-state index in [0.29, 0.717) is 0 Å². The number of hydrogen-bond acceptors (Lipinski definition) is 1. The third-order valence-corrected chi connectivity index (χ3v) is 3.18. The first-order valence-corrected chi connectivity index (χ1v) is 4.97. The number of benzene rings is 1. The standard InChI is InChI=1S/C14H10O/c1-2-14(15)12-8-4-3-6-10(12)11-7-5-9-13(11)14/h1,3-8,15H,9H2. The SMILES string of the molecule is C#CC1(O)C2=C(C=CC2)c2ccccc21. The minimum absolute atomic E-state index is 0.755. The summed E-state index contributed by atoms with van der Waals surface area (Å²) in [6, 6.07) is 7.79. The molecule has 1 N–H and O–H groups in total. The molecule has 0 amide bonds. The Morgan fingerprint density at radius 3 is 2.93 bits per heavy atom. The zero-order valence-corrected chi connectivity index (χ0v) is 8.20.